The number of benzene rings is 2. The summed E-state index contributed by atoms with van der Waals surface area (Å²) in [5.41, 5.74) is 11.3. The van der Waals surface area contributed by atoms with Gasteiger partial charge in [0.1, 0.15) is 0 Å². The van der Waals surface area contributed by atoms with Crippen molar-refractivity contribution < 1.29 is 5.11 Å². The minimum atomic E-state index is -0.588. The summed E-state index contributed by atoms with van der Waals surface area (Å²) < 4.78 is 0. The Hall–Kier alpha value is -1.64. The molecule has 0 saturated carbocycles. The molecule has 2 rings (SSSR count). The molecule has 0 bridgehead atoms. The van der Waals surface area contributed by atoms with Crippen LogP contribution in [0.25, 0.3) is 11.1 Å². The zero-order valence-corrected chi connectivity index (χ0v) is 10.9. The first-order valence-electron chi connectivity index (χ1n) is 6.18. The Morgan fingerprint density at radius 3 is 2.56 bits per heavy atom. The van der Waals surface area contributed by atoms with E-state index < -0.39 is 6.10 Å². The highest BCUT2D eigenvalue weighted by molar-refractivity contribution is 5.69. The topological polar surface area (TPSA) is 46.2 Å². The quantitative estimate of drug-likeness (QED) is 0.867. The van der Waals surface area contributed by atoms with Crippen molar-refractivity contribution in [3.63, 3.8) is 0 Å². The minimum Gasteiger partial charge on any atom is -0.387 e. The van der Waals surface area contributed by atoms with Crippen LogP contribution in [-0.2, 0) is 0 Å². The molecule has 1 unspecified atom stereocenters. The van der Waals surface area contributed by atoms with Gasteiger partial charge < -0.3 is 10.8 Å². The van der Waals surface area contributed by atoms with Crippen LogP contribution < -0.4 is 5.73 Å². The summed E-state index contributed by atoms with van der Waals surface area (Å²) in [5.74, 6) is 0. The Morgan fingerprint density at radius 2 is 1.83 bits per heavy atom. The van der Waals surface area contributed by atoms with Gasteiger partial charge in [0.05, 0.1) is 6.10 Å². The van der Waals surface area contributed by atoms with Crippen molar-refractivity contribution in [1.29, 1.82) is 0 Å². The molecule has 0 fully saturated rings. The summed E-state index contributed by atoms with van der Waals surface area (Å²) >= 11 is 0. The van der Waals surface area contributed by atoms with Crippen LogP contribution in [0.3, 0.4) is 0 Å². The smallest absolute Gasteiger partial charge is 0.0912 e. The maximum absolute atomic E-state index is 9.80. The van der Waals surface area contributed by atoms with Crippen molar-refractivity contribution in [2.75, 3.05) is 6.54 Å². The number of aliphatic hydroxyl groups is 1. The average molecular weight is 241 g/mol. The van der Waals surface area contributed by atoms with E-state index in [1.165, 1.54) is 16.7 Å². The second-order valence-corrected chi connectivity index (χ2v) is 4.62. The van der Waals surface area contributed by atoms with Gasteiger partial charge in [-0.05, 0) is 47.7 Å². The molecule has 0 amide bonds. The van der Waals surface area contributed by atoms with E-state index >= 15 is 0 Å². The summed E-state index contributed by atoms with van der Waals surface area (Å²) in [5, 5.41) is 9.80. The van der Waals surface area contributed by atoms with Crippen LogP contribution in [0.5, 0.6) is 0 Å². The predicted octanol–water partition coefficient (Wildman–Crippen LogP) is 2.96. The lowest BCUT2D eigenvalue weighted by molar-refractivity contribution is 0.187. The van der Waals surface area contributed by atoms with Crippen LogP contribution >= 0.6 is 0 Å². The molecule has 0 aliphatic rings. The monoisotopic (exact) mass is 241 g/mol. The van der Waals surface area contributed by atoms with Crippen molar-refractivity contribution in [1.82, 2.24) is 0 Å². The van der Waals surface area contributed by atoms with Crippen LogP contribution in [0.15, 0.2) is 42.5 Å². The lowest BCUT2D eigenvalue weighted by Crippen LogP contribution is -2.11. The molecule has 0 spiro atoms. The van der Waals surface area contributed by atoms with Gasteiger partial charge in [0, 0.05) is 6.54 Å². The molecule has 0 saturated heterocycles. The molecule has 2 aromatic carbocycles. The molecule has 0 aromatic heterocycles. The number of hydrogen-bond acceptors (Lipinski definition) is 2. The third-order valence-corrected chi connectivity index (χ3v) is 3.41. The maximum atomic E-state index is 9.80. The van der Waals surface area contributed by atoms with E-state index in [4.69, 9.17) is 5.73 Å². The predicted molar refractivity (Wildman–Crippen MR) is 75.4 cm³/mol. The van der Waals surface area contributed by atoms with Crippen molar-refractivity contribution in [2.45, 2.75) is 20.0 Å². The van der Waals surface area contributed by atoms with E-state index in [2.05, 4.69) is 38.1 Å². The number of aliphatic hydroxyl groups excluding tert-OH is 1. The van der Waals surface area contributed by atoms with Gasteiger partial charge in [-0.2, -0.15) is 0 Å². The van der Waals surface area contributed by atoms with Crippen LogP contribution in [-0.4, -0.2) is 11.7 Å². The van der Waals surface area contributed by atoms with Crippen LogP contribution in [0, 0.1) is 13.8 Å². The van der Waals surface area contributed by atoms with Gasteiger partial charge in [0.15, 0.2) is 0 Å². The molecule has 0 aliphatic carbocycles. The molecule has 2 nitrogen and oxygen atoms in total. The molecule has 0 aliphatic heterocycles. The normalized spacial score (nSPS) is 12.4. The van der Waals surface area contributed by atoms with Gasteiger partial charge >= 0.3 is 0 Å². The van der Waals surface area contributed by atoms with Crippen molar-refractivity contribution >= 4 is 0 Å². The van der Waals surface area contributed by atoms with E-state index in [9.17, 15) is 5.11 Å². The summed E-state index contributed by atoms with van der Waals surface area (Å²) in [6.07, 6.45) is -0.588. The second-order valence-electron chi connectivity index (χ2n) is 4.62. The Labute approximate surface area is 108 Å². The Kier molecular flexibility index (Phi) is 3.80. The summed E-state index contributed by atoms with van der Waals surface area (Å²) in [7, 11) is 0. The Morgan fingerprint density at radius 1 is 1.11 bits per heavy atom. The van der Waals surface area contributed by atoms with Crippen LogP contribution in [0.2, 0.25) is 0 Å². The van der Waals surface area contributed by atoms with Gasteiger partial charge in [-0.3, -0.25) is 0 Å². The largest absolute Gasteiger partial charge is 0.387 e. The molecule has 2 aromatic rings. The van der Waals surface area contributed by atoms with E-state index in [0.717, 1.165) is 11.1 Å². The molecular weight excluding hydrogens is 222 g/mol. The molecule has 18 heavy (non-hydrogen) atoms. The van der Waals surface area contributed by atoms with Crippen molar-refractivity contribution in [2.24, 2.45) is 5.73 Å². The standard InChI is InChI=1S/C16H19NO/c1-11-5-3-8-15(12(11)2)13-6-4-7-14(9-13)16(18)10-17/h3-9,16,18H,10,17H2,1-2H3. The number of aryl methyl sites for hydroxylation is 1. The van der Waals surface area contributed by atoms with E-state index in [1.54, 1.807) is 0 Å². The highest BCUT2D eigenvalue weighted by atomic mass is 16.3. The molecule has 94 valence electrons. The van der Waals surface area contributed by atoms with Gasteiger partial charge in [-0.25, -0.2) is 0 Å². The summed E-state index contributed by atoms with van der Waals surface area (Å²) in [6, 6.07) is 14.2. The third kappa shape index (κ3) is 2.45. The van der Waals surface area contributed by atoms with Crippen molar-refractivity contribution in [3.8, 4) is 11.1 Å². The first kappa shape index (κ1) is 12.8. The number of rotatable bonds is 3. The first-order chi connectivity index (χ1) is 8.63. The fourth-order valence-corrected chi connectivity index (χ4v) is 2.11. The van der Waals surface area contributed by atoms with Gasteiger partial charge in [-0.15, -0.1) is 0 Å². The van der Waals surface area contributed by atoms with Gasteiger partial charge in [0.25, 0.3) is 0 Å². The maximum Gasteiger partial charge on any atom is 0.0912 e. The fraction of sp³-hybridized carbons (Fsp3) is 0.250. The summed E-state index contributed by atoms with van der Waals surface area (Å²) in [4.78, 5) is 0. The van der Waals surface area contributed by atoms with E-state index in [1.807, 2.05) is 18.2 Å². The Balaban J connectivity index is 2.48. The zero-order chi connectivity index (χ0) is 13.1. The lowest BCUT2D eigenvalue weighted by atomic mass is 9.95. The number of nitrogens with two attached hydrogens (primary N) is 1. The minimum absolute atomic E-state index is 0.246. The van der Waals surface area contributed by atoms with Crippen LogP contribution in [0.4, 0.5) is 0 Å². The molecule has 2 heteroatoms. The van der Waals surface area contributed by atoms with Crippen molar-refractivity contribution in [3.05, 3.63) is 59.2 Å². The fourth-order valence-electron chi connectivity index (χ4n) is 2.11. The van der Waals surface area contributed by atoms with E-state index in [0.29, 0.717) is 0 Å². The SMILES string of the molecule is Cc1cccc(-c2cccc(C(O)CN)c2)c1C. The summed E-state index contributed by atoms with van der Waals surface area (Å²) in [6.45, 7) is 4.48. The van der Waals surface area contributed by atoms with Gasteiger partial charge in [0.2, 0.25) is 0 Å². The molecule has 1 atom stereocenters. The lowest BCUT2D eigenvalue weighted by Gasteiger charge is -2.12. The Bertz CT molecular complexity index is 549. The molecule has 0 radical (unpaired) electrons. The highest BCUT2D eigenvalue weighted by Crippen LogP contribution is 2.27. The van der Waals surface area contributed by atoms with Gasteiger partial charge in [-0.1, -0.05) is 36.4 Å². The molecule has 3 N–H and O–H groups in total. The molecular formula is C16H19NO. The van der Waals surface area contributed by atoms with E-state index in [-0.39, 0.29) is 6.54 Å². The molecule has 0 heterocycles. The highest BCUT2D eigenvalue weighted by Gasteiger charge is 2.08. The average Bonchev–Trinajstić information content (AvgIpc) is 2.41. The second kappa shape index (κ2) is 5.34. The zero-order valence-electron chi connectivity index (χ0n) is 10.9. The number of hydrogen-bond donors (Lipinski definition) is 2. The third-order valence-electron chi connectivity index (χ3n) is 3.41. The van der Waals surface area contributed by atoms with Crippen LogP contribution in [0.1, 0.15) is 22.8 Å². The first-order valence-corrected chi connectivity index (χ1v) is 6.18.